The molecule has 34 heavy (non-hydrogen) atoms. The van der Waals surface area contributed by atoms with Crippen molar-refractivity contribution in [2.24, 2.45) is 0 Å². The summed E-state index contributed by atoms with van der Waals surface area (Å²) < 4.78 is 42.7. The first-order valence-corrected chi connectivity index (χ1v) is 13.0. The standard InChI is InChI=1S/C23H20BrN3O5S2/c1-30-19-12-16(13-20(31-2)21(19)32-3)25-23-27-26-22(33-23)14-4-8-17(9-5-14)34(28,29)18-10-6-15(24)7-11-18/h4-13H,1-3H3,(H,25,27). The van der Waals surface area contributed by atoms with E-state index in [1.807, 2.05) is 0 Å². The van der Waals surface area contributed by atoms with Crippen molar-refractivity contribution >= 4 is 47.9 Å². The highest BCUT2D eigenvalue weighted by Gasteiger charge is 2.18. The number of ether oxygens (including phenoxy) is 3. The summed E-state index contributed by atoms with van der Waals surface area (Å²) in [6.07, 6.45) is 0. The van der Waals surface area contributed by atoms with Crippen LogP contribution in [0.3, 0.4) is 0 Å². The van der Waals surface area contributed by atoms with Crippen LogP contribution in [0.25, 0.3) is 10.6 Å². The number of nitrogens with one attached hydrogen (secondary N) is 1. The fourth-order valence-electron chi connectivity index (χ4n) is 3.19. The van der Waals surface area contributed by atoms with E-state index in [0.717, 1.165) is 10.0 Å². The van der Waals surface area contributed by atoms with Gasteiger partial charge < -0.3 is 19.5 Å². The lowest BCUT2D eigenvalue weighted by atomic mass is 10.2. The molecule has 0 spiro atoms. The number of nitrogens with zero attached hydrogens (tertiary/aromatic N) is 2. The number of benzene rings is 3. The summed E-state index contributed by atoms with van der Waals surface area (Å²) in [5.41, 5.74) is 1.44. The predicted octanol–water partition coefficient (Wildman–Crippen LogP) is 5.57. The summed E-state index contributed by atoms with van der Waals surface area (Å²) in [7, 11) is 1.03. The van der Waals surface area contributed by atoms with Gasteiger partial charge in [0, 0.05) is 27.9 Å². The van der Waals surface area contributed by atoms with E-state index in [9.17, 15) is 8.42 Å². The zero-order valence-corrected chi connectivity index (χ0v) is 21.6. The number of rotatable bonds is 8. The third-order valence-corrected chi connectivity index (χ3v) is 8.08. The van der Waals surface area contributed by atoms with E-state index in [0.29, 0.717) is 33.1 Å². The predicted molar refractivity (Wildman–Crippen MR) is 134 cm³/mol. The number of hydrogen-bond acceptors (Lipinski definition) is 9. The Morgan fingerprint density at radius 2 is 1.38 bits per heavy atom. The Kier molecular flexibility index (Phi) is 7.05. The smallest absolute Gasteiger partial charge is 0.210 e. The normalized spacial score (nSPS) is 11.2. The zero-order valence-electron chi connectivity index (χ0n) is 18.4. The minimum Gasteiger partial charge on any atom is -0.493 e. The van der Waals surface area contributed by atoms with Gasteiger partial charge in [-0.05, 0) is 36.4 Å². The van der Waals surface area contributed by atoms with Crippen LogP contribution in [0.1, 0.15) is 0 Å². The molecular weight excluding hydrogens is 542 g/mol. The maximum atomic E-state index is 12.9. The summed E-state index contributed by atoms with van der Waals surface area (Å²) in [5.74, 6) is 1.51. The Bertz CT molecular complexity index is 1380. The van der Waals surface area contributed by atoms with E-state index in [1.54, 1.807) is 82.0 Å². The van der Waals surface area contributed by atoms with Crippen LogP contribution < -0.4 is 19.5 Å². The number of anilines is 2. The number of halogens is 1. The molecule has 176 valence electrons. The van der Waals surface area contributed by atoms with Crippen LogP contribution >= 0.6 is 27.3 Å². The summed E-state index contributed by atoms with van der Waals surface area (Å²) in [6.45, 7) is 0. The summed E-state index contributed by atoms with van der Waals surface area (Å²) >= 11 is 4.65. The van der Waals surface area contributed by atoms with Gasteiger partial charge in [-0.25, -0.2) is 8.42 Å². The fourth-order valence-corrected chi connectivity index (χ4v) is 5.49. The lowest BCUT2D eigenvalue weighted by molar-refractivity contribution is 0.324. The lowest BCUT2D eigenvalue weighted by Crippen LogP contribution is -2.01. The molecule has 0 radical (unpaired) electrons. The van der Waals surface area contributed by atoms with Crippen LogP contribution in [-0.4, -0.2) is 39.9 Å². The van der Waals surface area contributed by atoms with Gasteiger partial charge in [0.25, 0.3) is 0 Å². The quantitative estimate of drug-likeness (QED) is 0.298. The third kappa shape index (κ3) is 4.86. The average Bonchev–Trinajstić information content (AvgIpc) is 3.32. The summed E-state index contributed by atoms with van der Waals surface area (Å²) in [5, 5.41) is 12.8. The lowest BCUT2D eigenvalue weighted by Gasteiger charge is -2.14. The van der Waals surface area contributed by atoms with Gasteiger partial charge in [0.15, 0.2) is 11.5 Å². The van der Waals surface area contributed by atoms with Crippen molar-refractivity contribution < 1.29 is 22.6 Å². The van der Waals surface area contributed by atoms with Gasteiger partial charge in [-0.15, -0.1) is 10.2 Å². The Labute approximate surface area is 209 Å². The summed E-state index contributed by atoms with van der Waals surface area (Å²) in [6, 6.07) is 16.6. The first-order chi connectivity index (χ1) is 16.3. The van der Waals surface area contributed by atoms with E-state index in [4.69, 9.17) is 14.2 Å². The molecule has 11 heteroatoms. The molecule has 0 aliphatic rings. The van der Waals surface area contributed by atoms with Gasteiger partial charge in [0.2, 0.25) is 20.7 Å². The molecule has 0 atom stereocenters. The van der Waals surface area contributed by atoms with E-state index >= 15 is 0 Å². The Morgan fingerprint density at radius 1 is 0.824 bits per heavy atom. The van der Waals surface area contributed by atoms with Gasteiger partial charge in [-0.2, -0.15) is 0 Å². The van der Waals surface area contributed by atoms with Crippen molar-refractivity contribution in [2.75, 3.05) is 26.6 Å². The molecule has 3 aromatic carbocycles. The second-order valence-corrected chi connectivity index (χ2v) is 10.8. The Hall–Kier alpha value is -3.15. The van der Waals surface area contributed by atoms with Gasteiger partial charge in [0.1, 0.15) is 5.01 Å². The van der Waals surface area contributed by atoms with Gasteiger partial charge >= 0.3 is 0 Å². The number of aromatic nitrogens is 2. The molecule has 1 aromatic heterocycles. The third-order valence-electron chi connectivity index (χ3n) is 4.88. The van der Waals surface area contributed by atoms with Crippen molar-refractivity contribution in [3.63, 3.8) is 0 Å². The molecule has 0 bridgehead atoms. The average molecular weight is 562 g/mol. The molecule has 0 unspecified atom stereocenters. The number of sulfone groups is 1. The first kappa shape index (κ1) is 24.0. The molecule has 8 nitrogen and oxygen atoms in total. The minimum absolute atomic E-state index is 0.207. The zero-order chi connectivity index (χ0) is 24.3. The van der Waals surface area contributed by atoms with Crippen LogP contribution in [0.5, 0.6) is 17.2 Å². The van der Waals surface area contributed by atoms with E-state index in [1.165, 1.54) is 11.3 Å². The van der Waals surface area contributed by atoms with Crippen molar-refractivity contribution in [3.8, 4) is 27.8 Å². The Balaban J connectivity index is 1.55. The molecule has 0 saturated carbocycles. The summed E-state index contributed by atoms with van der Waals surface area (Å²) in [4.78, 5) is 0.440. The topological polar surface area (TPSA) is 99.6 Å². The maximum absolute atomic E-state index is 12.9. The Morgan fingerprint density at radius 3 is 1.91 bits per heavy atom. The van der Waals surface area contributed by atoms with Crippen molar-refractivity contribution in [1.82, 2.24) is 10.2 Å². The van der Waals surface area contributed by atoms with Gasteiger partial charge in [0.05, 0.1) is 31.1 Å². The van der Waals surface area contributed by atoms with Crippen LogP contribution in [0.4, 0.5) is 10.8 Å². The van der Waals surface area contributed by atoms with Crippen LogP contribution in [0.15, 0.2) is 74.9 Å². The van der Waals surface area contributed by atoms with Crippen LogP contribution in [0.2, 0.25) is 0 Å². The molecule has 0 aliphatic heterocycles. The molecule has 0 aliphatic carbocycles. The first-order valence-electron chi connectivity index (χ1n) is 9.87. The number of methoxy groups -OCH3 is 3. The highest BCUT2D eigenvalue weighted by atomic mass is 79.9. The minimum atomic E-state index is -3.61. The maximum Gasteiger partial charge on any atom is 0.210 e. The molecular formula is C23H20BrN3O5S2. The van der Waals surface area contributed by atoms with E-state index in [2.05, 4.69) is 31.4 Å². The molecule has 1 heterocycles. The highest BCUT2D eigenvalue weighted by Crippen LogP contribution is 2.41. The van der Waals surface area contributed by atoms with E-state index in [-0.39, 0.29) is 9.79 Å². The van der Waals surface area contributed by atoms with Crippen molar-refractivity contribution in [1.29, 1.82) is 0 Å². The molecule has 4 aromatic rings. The van der Waals surface area contributed by atoms with Crippen LogP contribution in [-0.2, 0) is 9.84 Å². The fraction of sp³-hybridized carbons (Fsp3) is 0.130. The van der Waals surface area contributed by atoms with E-state index < -0.39 is 9.84 Å². The van der Waals surface area contributed by atoms with Gasteiger partial charge in [-0.1, -0.05) is 39.4 Å². The SMILES string of the molecule is COc1cc(Nc2nnc(-c3ccc(S(=O)(=O)c4ccc(Br)cc4)cc3)s2)cc(OC)c1OC. The second-order valence-electron chi connectivity index (χ2n) is 6.93. The molecule has 0 fully saturated rings. The van der Waals surface area contributed by atoms with Gasteiger partial charge in [-0.3, -0.25) is 0 Å². The monoisotopic (exact) mass is 561 g/mol. The number of hydrogen-bond donors (Lipinski definition) is 1. The van der Waals surface area contributed by atoms with Crippen LogP contribution in [0, 0.1) is 0 Å². The van der Waals surface area contributed by atoms with Crippen molar-refractivity contribution in [3.05, 3.63) is 65.1 Å². The molecule has 0 amide bonds. The molecule has 1 N–H and O–H groups in total. The highest BCUT2D eigenvalue weighted by molar-refractivity contribution is 9.10. The molecule has 4 rings (SSSR count). The molecule has 0 saturated heterocycles. The largest absolute Gasteiger partial charge is 0.493 e. The second kappa shape index (κ2) is 10.00. The van der Waals surface area contributed by atoms with Crippen molar-refractivity contribution in [2.45, 2.75) is 9.79 Å².